The highest BCUT2D eigenvalue weighted by Gasteiger charge is 2.51. The predicted octanol–water partition coefficient (Wildman–Crippen LogP) is 3.35. The smallest absolute Gasteiger partial charge is 0.343 e. The van der Waals surface area contributed by atoms with E-state index in [2.05, 4.69) is 9.80 Å². The number of aliphatic hydroxyl groups excluding tert-OH is 1. The van der Waals surface area contributed by atoms with Crippen LogP contribution < -0.4 is 0 Å². The molecule has 1 saturated carbocycles. The summed E-state index contributed by atoms with van der Waals surface area (Å²) >= 11 is 0. The number of ether oxygens (including phenoxy) is 5. The summed E-state index contributed by atoms with van der Waals surface area (Å²) in [7, 11) is 0. The van der Waals surface area contributed by atoms with E-state index in [-0.39, 0.29) is 24.4 Å². The first-order valence-electron chi connectivity index (χ1n) is 15.3. The van der Waals surface area contributed by atoms with Crippen LogP contribution in [-0.4, -0.2) is 117 Å². The van der Waals surface area contributed by atoms with Gasteiger partial charge in [0.25, 0.3) is 0 Å². The molecule has 0 unspecified atom stereocenters. The first-order valence-corrected chi connectivity index (χ1v) is 15.3. The lowest BCUT2D eigenvalue weighted by Gasteiger charge is -2.35. The van der Waals surface area contributed by atoms with E-state index in [0.29, 0.717) is 64.3 Å². The van der Waals surface area contributed by atoms with Crippen LogP contribution in [0.1, 0.15) is 54.9 Å². The monoisotopic (exact) mass is 588 g/mol. The summed E-state index contributed by atoms with van der Waals surface area (Å²) in [5.41, 5.74) is 3.23. The number of piperazine rings is 1. The molecule has 1 N–H and O–H groups in total. The fourth-order valence-electron chi connectivity index (χ4n) is 6.32. The molecule has 42 heavy (non-hydrogen) atoms. The van der Waals surface area contributed by atoms with Crippen LogP contribution in [0, 0.1) is 20.8 Å². The van der Waals surface area contributed by atoms with Crippen molar-refractivity contribution in [1.29, 1.82) is 0 Å². The van der Waals surface area contributed by atoms with Crippen molar-refractivity contribution in [3.05, 3.63) is 40.1 Å². The molecule has 1 spiro atoms. The molecule has 0 amide bonds. The van der Waals surface area contributed by atoms with Crippen LogP contribution in [-0.2, 0) is 33.3 Å². The summed E-state index contributed by atoms with van der Waals surface area (Å²) < 4.78 is 28.0. The molecule has 10 nitrogen and oxygen atoms in total. The van der Waals surface area contributed by atoms with Gasteiger partial charge in [0.05, 0.1) is 39.1 Å². The van der Waals surface area contributed by atoms with Gasteiger partial charge in [-0.05, 0) is 70.1 Å². The van der Waals surface area contributed by atoms with Crippen LogP contribution in [0.4, 0.5) is 0 Å². The van der Waals surface area contributed by atoms with Gasteiger partial charge in [0.2, 0.25) is 0 Å². The van der Waals surface area contributed by atoms with E-state index in [9.17, 15) is 14.7 Å². The minimum atomic E-state index is -0.938. The largest absolute Gasteiger partial charge is 0.507 e. The molecule has 1 aliphatic carbocycles. The van der Waals surface area contributed by atoms with Crippen molar-refractivity contribution in [1.82, 2.24) is 9.80 Å². The number of hydrogen-bond acceptors (Lipinski definition) is 10. The lowest BCUT2D eigenvalue weighted by atomic mass is 9.80. The van der Waals surface area contributed by atoms with E-state index < -0.39 is 11.6 Å². The molecular weight excluding hydrogens is 540 g/mol. The van der Waals surface area contributed by atoms with Gasteiger partial charge in [-0.2, -0.15) is 0 Å². The molecule has 2 heterocycles. The average Bonchev–Trinajstić information content (AvgIpc) is 3.18. The Morgan fingerprint density at radius 2 is 1.55 bits per heavy atom. The highest BCUT2D eigenvalue weighted by Crippen LogP contribution is 2.46. The molecule has 0 radical (unpaired) electrons. The topological polar surface area (TPSA) is 107 Å². The number of esters is 2. The van der Waals surface area contributed by atoms with Crippen molar-refractivity contribution in [3.63, 3.8) is 0 Å². The third kappa shape index (κ3) is 8.32. The highest BCUT2D eigenvalue weighted by atomic mass is 16.6. The Morgan fingerprint density at radius 3 is 2.14 bits per heavy atom. The van der Waals surface area contributed by atoms with Crippen molar-refractivity contribution in [2.75, 3.05) is 78.9 Å². The third-order valence-corrected chi connectivity index (χ3v) is 8.50. The molecule has 1 saturated heterocycles. The maximum absolute atomic E-state index is 12.9. The van der Waals surface area contributed by atoms with E-state index in [0.717, 1.165) is 61.5 Å². The molecule has 2 aliphatic heterocycles. The first kappa shape index (κ1) is 32.4. The summed E-state index contributed by atoms with van der Waals surface area (Å²) in [4.78, 5) is 29.0. The third-order valence-electron chi connectivity index (χ3n) is 8.50. The number of benzene rings is 1. The van der Waals surface area contributed by atoms with Gasteiger partial charge in [0.1, 0.15) is 12.2 Å². The van der Waals surface area contributed by atoms with Gasteiger partial charge in [0, 0.05) is 39.3 Å². The fourth-order valence-corrected chi connectivity index (χ4v) is 6.32. The molecule has 0 atom stereocenters. The molecule has 234 valence electrons. The maximum atomic E-state index is 12.9. The van der Waals surface area contributed by atoms with Crippen LogP contribution in [0.5, 0.6) is 0 Å². The summed E-state index contributed by atoms with van der Waals surface area (Å²) in [5, 5.41) is 11.2. The van der Waals surface area contributed by atoms with Gasteiger partial charge in [-0.3, -0.25) is 9.80 Å². The summed E-state index contributed by atoms with van der Waals surface area (Å²) in [5.74, 6) is -0.670. The Balaban J connectivity index is 1.08. The van der Waals surface area contributed by atoms with Gasteiger partial charge in [0.15, 0.2) is 11.4 Å². The number of carbonyl (C=O) groups is 2. The molecule has 2 fully saturated rings. The second kappa shape index (κ2) is 15.3. The van der Waals surface area contributed by atoms with Gasteiger partial charge < -0.3 is 28.8 Å². The molecule has 0 aromatic heterocycles. The SMILES string of the molecule is CCOC(=O)COCCN1CCN(CCOCCO[C@H]2CC[C@]3(CC2)OC(=O)C(c2c(C)cc(C)cc2C)=C3O)CC1. The van der Waals surface area contributed by atoms with E-state index >= 15 is 0 Å². The van der Waals surface area contributed by atoms with Crippen LogP contribution in [0.15, 0.2) is 17.9 Å². The maximum Gasteiger partial charge on any atom is 0.343 e. The second-order valence-corrected chi connectivity index (χ2v) is 11.6. The summed E-state index contributed by atoms with van der Waals surface area (Å²) in [6.45, 7) is 16.0. The number of carbonyl (C=O) groups excluding carboxylic acids is 2. The van der Waals surface area contributed by atoms with E-state index in [4.69, 9.17) is 23.7 Å². The number of aryl methyl sites for hydroxylation is 3. The Morgan fingerprint density at radius 1 is 0.952 bits per heavy atom. The van der Waals surface area contributed by atoms with E-state index in [1.807, 2.05) is 32.9 Å². The van der Waals surface area contributed by atoms with Gasteiger partial charge >= 0.3 is 11.9 Å². The first-order chi connectivity index (χ1) is 20.2. The van der Waals surface area contributed by atoms with Crippen molar-refractivity contribution < 1.29 is 38.4 Å². The number of nitrogens with zero attached hydrogens (tertiary/aromatic N) is 2. The summed E-state index contributed by atoms with van der Waals surface area (Å²) in [6, 6.07) is 4.06. The molecule has 10 heteroatoms. The predicted molar refractivity (Wildman–Crippen MR) is 158 cm³/mol. The summed E-state index contributed by atoms with van der Waals surface area (Å²) in [6.07, 6.45) is 2.59. The van der Waals surface area contributed by atoms with Crippen molar-refractivity contribution >= 4 is 17.5 Å². The average molecular weight is 589 g/mol. The van der Waals surface area contributed by atoms with Crippen LogP contribution >= 0.6 is 0 Å². The minimum Gasteiger partial charge on any atom is -0.507 e. The Bertz CT molecular complexity index is 1080. The Kier molecular flexibility index (Phi) is 11.8. The normalized spacial score (nSPS) is 23.5. The van der Waals surface area contributed by atoms with Crippen LogP contribution in [0.25, 0.3) is 5.57 Å². The van der Waals surface area contributed by atoms with Crippen molar-refractivity contribution in [3.8, 4) is 0 Å². The Hall–Kier alpha value is -2.50. The van der Waals surface area contributed by atoms with Crippen LogP contribution in [0.2, 0.25) is 0 Å². The van der Waals surface area contributed by atoms with Crippen LogP contribution in [0.3, 0.4) is 0 Å². The van der Waals surface area contributed by atoms with Gasteiger partial charge in [-0.1, -0.05) is 17.7 Å². The lowest BCUT2D eigenvalue weighted by Crippen LogP contribution is -2.48. The standard InChI is InChI=1S/C32H48N2O8/c1-5-40-27(35)22-39-17-15-34-12-10-33(11-13-34)14-16-38-18-19-41-26-6-8-32(9-7-26)30(36)29(31(37)42-32)28-24(3)20-23(2)21-25(28)4/h20-21,26,36H,5-19,22H2,1-4H3/t26-,32+. The zero-order valence-electron chi connectivity index (χ0n) is 25.7. The molecule has 0 bridgehead atoms. The van der Waals surface area contributed by atoms with E-state index in [1.165, 1.54) is 0 Å². The number of hydrogen-bond donors (Lipinski definition) is 1. The molecule has 3 aliphatic rings. The van der Waals surface area contributed by atoms with Crippen molar-refractivity contribution in [2.24, 2.45) is 0 Å². The Labute approximate surface area is 249 Å². The van der Waals surface area contributed by atoms with E-state index in [1.54, 1.807) is 6.92 Å². The number of rotatable bonds is 14. The van der Waals surface area contributed by atoms with Gasteiger partial charge in [-0.25, -0.2) is 9.59 Å². The van der Waals surface area contributed by atoms with Crippen molar-refractivity contribution in [2.45, 2.75) is 65.1 Å². The lowest BCUT2D eigenvalue weighted by molar-refractivity contribution is -0.152. The second-order valence-electron chi connectivity index (χ2n) is 11.6. The highest BCUT2D eigenvalue weighted by molar-refractivity contribution is 6.20. The number of aliphatic hydroxyl groups is 1. The quantitative estimate of drug-likeness (QED) is 0.257. The zero-order chi connectivity index (χ0) is 30.1. The molecule has 1 aromatic rings. The fraction of sp³-hybridized carbons (Fsp3) is 0.688. The molecule has 1 aromatic carbocycles. The zero-order valence-corrected chi connectivity index (χ0v) is 25.7. The molecular formula is C32H48N2O8. The minimum absolute atomic E-state index is 0.0155. The molecule has 4 rings (SSSR count). The van der Waals surface area contributed by atoms with Gasteiger partial charge in [-0.15, -0.1) is 0 Å².